The van der Waals surface area contributed by atoms with Crippen LogP contribution in [0.25, 0.3) is 0 Å². The molecule has 0 fully saturated rings. The number of thioether (sulfide) groups is 1. The molecule has 0 bridgehead atoms. The smallest absolute Gasteiger partial charge is 0.326 e. The summed E-state index contributed by atoms with van der Waals surface area (Å²) in [5.41, 5.74) is 11.4. The summed E-state index contributed by atoms with van der Waals surface area (Å²) in [7, 11) is 0. The van der Waals surface area contributed by atoms with E-state index in [2.05, 4.69) is 16.0 Å². The van der Waals surface area contributed by atoms with Gasteiger partial charge in [-0.2, -0.15) is 11.8 Å². The number of carboxylic acids is 1. The Labute approximate surface area is 208 Å². The van der Waals surface area contributed by atoms with Crippen molar-refractivity contribution in [2.45, 2.75) is 90.4 Å². The summed E-state index contributed by atoms with van der Waals surface area (Å²) in [5.74, 6) is -1.83. The molecular formula is C23H45N5O5S. The van der Waals surface area contributed by atoms with Crippen molar-refractivity contribution in [2.75, 3.05) is 18.6 Å². The van der Waals surface area contributed by atoms with Gasteiger partial charge in [0.05, 0.1) is 6.04 Å². The van der Waals surface area contributed by atoms with E-state index in [1.165, 1.54) is 11.8 Å². The van der Waals surface area contributed by atoms with Crippen molar-refractivity contribution in [1.29, 1.82) is 0 Å². The number of aliphatic carboxylic acids is 1. The highest BCUT2D eigenvalue weighted by Crippen LogP contribution is 2.10. The molecule has 0 saturated heterocycles. The Morgan fingerprint density at radius 3 is 1.79 bits per heavy atom. The molecule has 11 heteroatoms. The molecule has 0 aromatic heterocycles. The van der Waals surface area contributed by atoms with Crippen LogP contribution in [-0.2, 0) is 19.2 Å². The number of hydrogen-bond acceptors (Lipinski definition) is 7. The number of unbranched alkanes of at least 4 members (excludes halogenated alkanes) is 1. The van der Waals surface area contributed by atoms with Gasteiger partial charge in [0, 0.05) is 0 Å². The molecule has 34 heavy (non-hydrogen) atoms. The lowest BCUT2D eigenvalue weighted by atomic mass is 10.0. The van der Waals surface area contributed by atoms with Gasteiger partial charge in [-0.25, -0.2) is 4.79 Å². The fourth-order valence-electron chi connectivity index (χ4n) is 3.36. The van der Waals surface area contributed by atoms with E-state index in [0.29, 0.717) is 38.0 Å². The van der Waals surface area contributed by atoms with E-state index in [0.717, 1.165) is 6.42 Å². The van der Waals surface area contributed by atoms with Gasteiger partial charge < -0.3 is 32.5 Å². The second-order valence-electron chi connectivity index (χ2n) is 9.45. The third-order valence-corrected chi connectivity index (χ3v) is 5.86. The number of rotatable bonds is 18. The molecule has 0 aliphatic heterocycles. The topological polar surface area (TPSA) is 177 Å². The maximum Gasteiger partial charge on any atom is 0.326 e. The van der Waals surface area contributed by atoms with E-state index in [9.17, 15) is 24.3 Å². The Bertz CT molecular complexity index is 647. The van der Waals surface area contributed by atoms with E-state index >= 15 is 0 Å². The van der Waals surface area contributed by atoms with Crippen LogP contribution in [0.5, 0.6) is 0 Å². The van der Waals surface area contributed by atoms with Crippen molar-refractivity contribution in [3.63, 3.8) is 0 Å². The van der Waals surface area contributed by atoms with Gasteiger partial charge in [0.2, 0.25) is 17.7 Å². The monoisotopic (exact) mass is 503 g/mol. The highest BCUT2D eigenvalue weighted by molar-refractivity contribution is 7.98. The molecule has 8 N–H and O–H groups in total. The second kappa shape index (κ2) is 17.6. The molecule has 10 nitrogen and oxygen atoms in total. The van der Waals surface area contributed by atoms with Crippen molar-refractivity contribution in [2.24, 2.45) is 23.3 Å². The summed E-state index contributed by atoms with van der Waals surface area (Å²) in [6.45, 7) is 8.11. The Hall–Kier alpha value is -1.85. The van der Waals surface area contributed by atoms with Crippen molar-refractivity contribution in [1.82, 2.24) is 16.0 Å². The van der Waals surface area contributed by atoms with Gasteiger partial charge in [0.15, 0.2) is 0 Å². The first-order valence-corrected chi connectivity index (χ1v) is 13.4. The summed E-state index contributed by atoms with van der Waals surface area (Å²) in [6, 6.07) is -3.57. The Morgan fingerprint density at radius 1 is 0.794 bits per heavy atom. The molecule has 0 radical (unpaired) electrons. The molecule has 4 unspecified atom stereocenters. The molecule has 198 valence electrons. The minimum atomic E-state index is -1.12. The van der Waals surface area contributed by atoms with Crippen LogP contribution in [0.1, 0.15) is 66.2 Å². The van der Waals surface area contributed by atoms with Gasteiger partial charge >= 0.3 is 5.97 Å². The van der Waals surface area contributed by atoms with Crippen LogP contribution in [0.15, 0.2) is 0 Å². The first-order valence-electron chi connectivity index (χ1n) is 12.0. The molecule has 0 aliphatic rings. The Morgan fingerprint density at radius 2 is 1.29 bits per heavy atom. The Kier molecular flexibility index (Phi) is 16.6. The molecule has 0 rings (SSSR count). The van der Waals surface area contributed by atoms with Crippen molar-refractivity contribution in [3.8, 4) is 0 Å². The number of nitrogens with two attached hydrogens (primary N) is 2. The highest BCUT2D eigenvalue weighted by atomic mass is 32.2. The normalized spacial score (nSPS) is 14.9. The van der Waals surface area contributed by atoms with Crippen LogP contribution < -0.4 is 27.4 Å². The van der Waals surface area contributed by atoms with Gasteiger partial charge in [-0.3, -0.25) is 14.4 Å². The summed E-state index contributed by atoms with van der Waals surface area (Å²) in [5, 5.41) is 17.4. The van der Waals surface area contributed by atoms with Crippen LogP contribution >= 0.6 is 11.8 Å². The molecule has 0 aromatic carbocycles. The molecule has 0 saturated carbocycles. The molecule has 3 amide bonds. The van der Waals surface area contributed by atoms with Gasteiger partial charge in [-0.1, -0.05) is 34.1 Å². The van der Waals surface area contributed by atoms with E-state index in [1.807, 2.05) is 34.0 Å². The van der Waals surface area contributed by atoms with E-state index < -0.39 is 47.9 Å². The fraction of sp³-hybridized carbons (Fsp3) is 0.826. The first kappa shape index (κ1) is 32.1. The highest BCUT2D eigenvalue weighted by Gasteiger charge is 2.30. The zero-order valence-corrected chi connectivity index (χ0v) is 22.1. The predicted molar refractivity (Wildman–Crippen MR) is 136 cm³/mol. The minimum Gasteiger partial charge on any atom is -0.480 e. The fourth-order valence-corrected chi connectivity index (χ4v) is 3.83. The number of amides is 3. The average Bonchev–Trinajstić information content (AvgIpc) is 2.74. The number of hydrogen-bond donors (Lipinski definition) is 6. The standard InChI is InChI=1S/C23H45N5O5S/c1-14(2)12-18(27-20(29)16(25)8-6-7-10-24)22(31)26-17(9-11-34-5)21(30)28-19(23(32)33)13-15(3)4/h14-19H,6-13,24-25H2,1-5H3,(H,26,31)(H,27,29)(H,28,30)(H,32,33). The lowest BCUT2D eigenvalue weighted by Gasteiger charge is -2.26. The number of carboxylic acid groups (broad SMARTS) is 1. The number of carbonyl (C=O) groups is 4. The van der Waals surface area contributed by atoms with Crippen LogP contribution in [0, 0.1) is 11.8 Å². The number of carbonyl (C=O) groups excluding carboxylic acids is 3. The summed E-state index contributed by atoms with van der Waals surface area (Å²) >= 11 is 1.51. The minimum absolute atomic E-state index is 0.0698. The largest absolute Gasteiger partial charge is 0.480 e. The molecule has 0 spiro atoms. The molecule has 4 atom stereocenters. The Balaban J connectivity index is 5.38. The third-order valence-electron chi connectivity index (χ3n) is 5.21. The van der Waals surface area contributed by atoms with Crippen molar-refractivity contribution in [3.05, 3.63) is 0 Å². The summed E-state index contributed by atoms with van der Waals surface area (Å²) < 4.78 is 0. The van der Waals surface area contributed by atoms with Gasteiger partial charge in [0.1, 0.15) is 18.1 Å². The van der Waals surface area contributed by atoms with Crippen molar-refractivity contribution >= 4 is 35.5 Å². The predicted octanol–water partition coefficient (Wildman–Crippen LogP) is 0.827. The maximum absolute atomic E-state index is 13.1. The SMILES string of the molecule is CSCCC(NC(=O)C(CC(C)C)NC(=O)C(N)CCCCN)C(=O)NC(CC(C)C)C(=O)O. The van der Waals surface area contributed by atoms with E-state index in [4.69, 9.17) is 11.5 Å². The van der Waals surface area contributed by atoms with Crippen LogP contribution in [0.4, 0.5) is 0 Å². The molecule has 0 heterocycles. The zero-order valence-electron chi connectivity index (χ0n) is 21.3. The first-order chi connectivity index (χ1) is 15.9. The summed E-state index contributed by atoms with van der Waals surface area (Å²) in [6.07, 6.45) is 4.79. The maximum atomic E-state index is 13.1. The molecular weight excluding hydrogens is 458 g/mol. The van der Waals surface area contributed by atoms with Crippen LogP contribution in [0.2, 0.25) is 0 Å². The van der Waals surface area contributed by atoms with E-state index in [1.54, 1.807) is 0 Å². The molecule has 0 aromatic rings. The summed E-state index contributed by atoms with van der Waals surface area (Å²) in [4.78, 5) is 50.1. The van der Waals surface area contributed by atoms with Crippen molar-refractivity contribution < 1.29 is 24.3 Å². The zero-order chi connectivity index (χ0) is 26.3. The number of nitrogens with one attached hydrogen (secondary N) is 3. The lowest BCUT2D eigenvalue weighted by Crippen LogP contribution is -2.57. The van der Waals surface area contributed by atoms with Gasteiger partial charge in [0.25, 0.3) is 0 Å². The quantitative estimate of drug-likeness (QED) is 0.149. The average molecular weight is 504 g/mol. The third kappa shape index (κ3) is 13.8. The van der Waals surface area contributed by atoms with Crippen LogP contribution in [-0.4, -0.2) is 71.5 Å². The molecule has 0 aliphatic carbocycles. The van der Waals surface area contributed by atoms with Gasteiger partial charge in [-0.15, -0.1) is 0 Å². The van der Waals surface area contributed by atoms with Crippen LogP contribution in [0.3, 0.4) is 0 Å². The lowest BCUT2D eigenvalue weighted by molar-refractivity contribution is -0.142. The second-order valence-corrected chi connectivity index (χ2v) is 10.4. The van der Waals surface area contributed by atoms with E-state index in [-0.39, 0.29) is 18.3 Å². The van der Waals surface area contributed by atoms with Gasteiger partial charge in [-0.05, 0) is 62.5 Å².